The molecule has 0 aromatic heterocycles. The zero-order chi connectivity index (χ0) is 33.8. The number of carbonyl (C=O) groups excluding carboxylic acids is 3. The highest BCUT2D eigenvalue weighted by Crippen LogP contribution is 2.36. The van der Waals surface area contributed by atoms with E-state index in [-0.39, 0.29) is 29.7 Å². The zero-order valence-corrected chi connectivity index (χ0v) is 27.1. The Morgan fingerprint density at radius 1 is 0.875 bits per heavy atom. The van der Waals surface area contributed by atoms with E-state index in [0.29, 0.717) is 38.2 Å². The summed E-state index contributed by atoms with van der Waals surface area (Å²) >= 11 is 0. The lowest BCUT2D eigenvalue weighted by molar-refractivity contribution is -0.136. The van der Waals surface area contributed by atoms with Crippen molar-refractivity contribution in [2.45, 2.75) is 45.3 Å². The second kappa shape index (κ2) is 14.1. The molecule has 1 unspecified atom stereocenters. The Kier molecular flexibility index (Phi) is 9.59. The molecule has 246 valence electrons. The lowest BCUT2D eigenvalue weighted by atomic mass is 9.88. The van der Waals surface area contributed by atoms with Gasteiger partial charge in [0.15, 0.2) is 0 Å². The number of likely N-dealkylation sites (N-methyl/N-ethyl adjacent to an activating group) is 1. The fourth-order valence-electron chi connectivity index (χ4n) is 6.49. The number of piperidine rings is 1. The number of hydrogen-bond acceptors (Lipinski definition) is 7. The van der Waals surface area contributed by atoms with E-state index in [1.807, 2.05) is 73.8 Å². The summed E-state index contributed by atoms with van der Waals surface area (Å²) in [4.78, 5) is 40.7. The lowest BCUT2D eigenvalue weighted by Gasteiger charge is -2.29. The number of allylic oxidation sites excluding steroid dienone is 1. The molecular formula is C39H39N3O6. The van der Waals surface area contributed by atoms with Crippen LogP contribution in [0.15, 0.2) is 91.0 Å². The Morgan fingerprint density at radius 2 is 1.50 bits per heavy atom. The molecule has 3 amide bonds. The summed E-state index contributed by atoms with van der Waals surface area (Å²) in [5.41, 5.74) is 7.74. The molecule has 2 aliphatic rings. The van der Waals surface area contributed by atoms with Crippen molar-refractivity contribution in [2.24, 2.45) is 0 Å². The van der Waals surface area contributed by atoms with Crippen LogP contribution in [0.3, 0.4) is 0 Å². The predicted molar refractivity (Wildman–Crippen MR) is 183 cm³/mol. The van der Waals surface area contributed by atoms with Crippen LogP contribution in [0.25, 0.3) is 11.1 Å². The van der Waals surface area contributed by atoms with Crippen LogP contribution in [-0.2, 0) is 22.7 Å². The van der Waals surface area contributed by atoms with E-state index < -0.39 is 11.9 Å². The minimum Gasteiger partial charge on any atom is -0.508 e. The van der Waals surface area contributed by atoms with E-state index in [2.05, 4.69) is 17.1 Å². The summed E-state index contributed by atoms with van der Waals surface area (Å²) in [5, 5.41) is 22.1. The quantitative estimate of drug-likeness (QED) is 0.141. The number of nitrogens with zero attached hydrogens (tertiary/aromatic N) is 2. The summed E-state index contributed by atoms with van der Waals surface area (Å²) in [7, 11) is 2.02. The van der Waals surface area contributed by atoms with E-state index in [1.54, 1.807) is 29.2 Å². The van der Waals surface area contributed by atoms with E-state index in [1.165, 1.54) is 0 Å². The van der Waals surface area contributed by atoms with Crippen LogP contribution in [0.2, 0.25) is 0 Å². The van der Waals surface area contributed by atoms with Crippen molar-refractivity contribution >= 4 is 28.9 Å². The number of phenolic OH excluding ortho intramolecular Hbond substituents is 2. The number of aromatic hydroxyl groups is 2. The van der Waals surface area contributed by atoms with Crippen LogP contribution < -0.4 is 10.1 Å². The van der Waals surface area contributed by atoms with Gasteiger partial charge in [-0.05, 0) is 101 Å². The molecule has 0 aliphatic carbocycles. The number of nitrogens with one attached hydrogen (secondary N) is 1. The molecule has 48 heavy (non-hydrogen) atoms. The van der Waals surface area contributed by atoms with Crippen LogP contribution in [0, 0.1) is 0 Å². The van der Waals surface area contributed by atoms with E-state index in [0.717, 1.165) is 51.1 Å². The van der Waals surface area contributed by atoms with Gasteiger partial charge in [0.05, 0.1) is 0 Å². The molecule has 0 saturated carbocycles. The van der Waals surface area contributed by atoms with E-state index >= 15 is 0 Å². The molecule has 1 atom stereocenters. The Hall–Kier alpha value is -5.41. The number of ether oxygens (including phenoxy) is 1. The Labute approximate surface area is 280 Å². The molecular weight excluding hydrogens is 606 g/mol. The monoisotopic (exact) mass is 645 g/mol. The van der Waals surface area contributed by atoms with Gasteiger partial charge in [-0.25, -0.2) is 0 Å². The van der Waals surface area contributed by atoms with Crippen molar-refractivity contribution in [2.75, 3.05) is 20.2 Å². The molecule has 1 fully saturated rings. The molecule has 1 saturated heterocycles. The third-order valence-corrected chi connectivity index (χ3v) is 8.95. The molecule has 3 N–H and O–H groups in total. The number of amides is 3. The Balaban J connectivity index is 1.08. The SMILES string of the molecule is CC/C(=C(/c1ccc(O)cc1)c1ccc(OCCN(C)Cc2ccc3c(c2)CN(C2CCC(=O)NC2=O)C3=O)cc1)c1ccc(O)cc1. The molecule has 2 heterocycles. The number of hydrogen-bond donors (Lipinski definition) is 3. The minimum absolute atomic E-state index is 0.171. The van der Waals surface area contributed by atoms with Gasteiger partial charge in [-0.2, -0.15) is 0 Å². The van der Waals surface area contributed by atoms with Crippen LogP contribution >= 0.6 is 0 Å². The third-order valence-electron chi connectivity index (χ3n) is 8.95. The summed E-state index contributed by atoms with van der Waals surface area (Å²) in [5.74, 6) is 0.305. The van der Waals surface area contributed by atoms with Crippen molar-refractivity contribution < 1.29 is 29.3 Å². The van der Waals surface area contributed by atoms with E-state index in [9.17, 15) is 24.6 Å². The van der Waals surface area contributed by atoms with Gasteiger partial charge in [-0.3, -0.25) is 24.6 Å². The molecule has 0 spiro atoms. The van der Waals surface area contributed by atoms with Crippen LogP contribution in [0.5, 0.6) is 17.2 Å². The summed E-state index contributed by atoms with van der Waals surface area (Å²) in [6.45, 7) is 4.29. The molecule has 0 radical (unpaired) electrons. The van der Waals surface area contributed by atoms with Gasteiger partial charge in [0, 0.05) is 31.6 Å². The van der Waals surface area contributed by atoms with Crippen molar-refractivity contribution in [3.63, 3.8) is 0 Å². The fraction of sp³-hybridized carbons (Fsp3) is 0.256. The molecule has 9 nitrogen and oxygen atoms in total. The lowest BCUT2D eigenvalue weighted by Crippen LogP contribution is -2.52. The van der Waals surface area contributed by atoms with Crippen LogP contribution in [0.4, 0.5) is 0 Å². The van der Waals surface area contributed by atoms with Gasteiger partial charge in [-0.1, -0.05) is 55.5 Å². The maximum absolute atomic E-state index is 13.0. The van der Waals surface area contributed by atoms with Gasteiger partial charge in [-0.15, -0.1) is 0 Å². The van der Waals surface area contributed by atoms with Gasteiger partial charge >= 0.3 is 0 Å². The highest BCUT2D eigenvalue weighted by molar-refractivity contribution is 6.05. The number of carbonyl (C=O) groups is 3. The first-order chi connectivity index (χ1) is 23.2. The number of benzene rings is 4. The van der Waals surface area contributed by atoms with Crippen molar-refractivity contribution in [3.8, 4) is 17.2 Å². The first-order valence-corrected chi connectivity index (χ1v) is 16.2. The Bertz CT molecular complexity index is 1850. The smallest absolute Gasteiger partial charge is 0.255 e. The first-order valence-electron chi connectivity index (χ1n) is 16.2. The summed E-state index contributed by atoms with van der Waals surface area (Å²) in [6.07, 6.45) is 1.35. The second-order valence-electron chi connectivity index (χ2n) is 12.3. The maximum atomic E-state index is 13.0. The number of rotatable bonds is 11. The van der Waals surface area contributed by atoms with Crippen LogP contribution in [-0.4, -0.2) is 64.0 Å². The molecule has 4 aromatic rings. The summed E-state index contributed by atoms with van der Waals surface area (Å²) in [6, 6.07) is 27.6. The van der Waals surface area contributed by atoms with Gasteiger partial charge in [0.25, 0.3) is 5.91 Å². The highest BCUT2D eigenvalue weighted by atomic mass is 16.5. The average molecular weight is 646 g/mol. The van der Waals surface area contributed by atoms with Crippen molar-refractivity contribution in [3.05, 3.63) is 124 Å². The third kappa shape index (κ3) is 7.11. The normalized spacial score (nSPS) is 16.5. The molecule has 4 aromatic carbocycles. The van der Waals surface area contributed by atoms with Gasteiger partial charge in [0.1, 0.15) is 29.9 Å². The molecule has 9 heteroatoms. The number of phenols is 2. The van der Waals surface area contributed by atoms with E-state index in [4.69, 9.17) is 4.74 Å². The topological polar surface area (TPSA) is 119 Å². The van der Waals surface area contributed by atoms with Gasteiger partial charge in [0.2, 0.25) is 11.8 Å². The maximum Gasteiger partial charge on any atom is 0.255 e. The molecule has 2 aliphatic heterocycles. The number of imide groups is 1. The standard InChI is InChI=1S/C39H39N3O6/c1-3-33(26-5-11-30(43)12-6-26)37(27-7-13-31(44)14-8-27)28-9-15-32(16-10-28)48-21-20-41(2)23-25-4-17-34-29(22-25)24-42(39(34)47)35-18-19-36(45)40-38(35)46/h4-17,22,35,43-44H,3,18-21,23-24H2,1-2H3,(H,40,45,46)/b37-33+. The predicted octanol–water partition coefficient (Wildman–Crippen LogP) is 5.74. The fourth-order valence-corrected chi connectivity index (χ4v) is 6.49. The number of fused-ring (bicyclic) bond motifs is 1. The van der Waals surface area contributed by atoms with Crippen molar-refractivity contribution in [1.29, 1.82) is 0 Å². The first kappa shape index (κ1) is 32.5. The molecule has 6 rings (SSSR count). The summed E-state index contributed by atoms with van der Waals surface area (Å²) < 4.78 is 6.11. The average Bonchev–Trinajstić information content (AvgIpc) is 3.40. The zero-order valence-electron chi connectivity index (χ0n) is 27.1. The minimum atomic E-state index is -0.622. The second-order valence-corrected chi connectivity index (χ2v) is 12.3. The van der Waals surface area contributed by atoms with Crippen molar-refractivity contribution in [1.82, 2.24) is 15.1 Å². The molecule has 0 bridgehead atoms. The van der Waals surface area contributed by atoms with Gasteiger partial charge < -0.3 is 19.8 Å². The van der Waals surface area contributed by atoms with Crippen LogP contribution in [0.1, 0.15) is 64.4 Å². The largest absolute Gasteiger partial charge is 0.508 e. The highest BCUT2D eigenvalue weighted by Gasteiger charge is 2.39. The Morgan fingerprint density at radius 3 is 2.12 bits per heavy atom.